The van der Waals surface area contributed by atoms with E-state index < -0.39 is 0 Å². The van der Waals surface area contributed by atoms with Gasteiger partial charge in [-0.05, 0) is 31.8 Å². The maximum atomic E-state index is 5.80. The highest BCUT2D eigenvalue weighted by Gasteiger charge is 2.20. The SMILES string of the molecule is C=C(CNC1CC1)COC(C)CCCCCC. The molecule has 0 spiro atoms. The number of nitrogens with one attached hydrogen (secondary N) is 1. The van der Waals surface area contributed by atoms with Crippen molar-refractivity contribution in [1.29, 1.82) is 0 Å². The Morgan fingerprint density at radius 1 is 1.35 bits per heavy atom. The lowest BCUT2D eigenvalue weighted by Gasteiger charge is -2.14. The lowest BCUT2D eigenvalue weighted by atomic mass is 10.1. The Balaban J connectivity index is 1.90. The second-order valence-electron chi connectivity index (χ2n) is 5.38. The molecule has 0 heterocycles. The van der Waals surface area contributed by atoms with Crippen molar-refractivity contribution >= 4 is 0 Å². The minimum Gasteiger partial charge on any atom is -0.374 e. The first-order chi connectivity index (χ1) is 8.22. The Labute approximate surface area is 107 Å². The molecule has 1 aliphatic rings. The Bertz CT molecular complexity index is 211. The number of hydrogen-bond acceptors (Lipinski definition) is 2. The first-order valence-corrected chi connectivity index (χ1v) is 7.24. The topological polar surface area (TPSA) is 21.3 Å². The summed E-state index contributed by atoms with van der Waals surface area (Å²) in [5.74, 6) is 0. The first kappa shape index (κ1) is 14.7. The Morgan fingerprint density at radius 3 is 2.76 bits per heavy atom. The standard InChI is InChI=1S/C15H29NO/c1-4-5-6-7-8-14(3)17-12-13(2)11-16-15-9-10-15/h14-16H,2,4-12H2,1,3H3. The molecule has 1 saturated carbocycles. The molecule has 0 aromatic carbocycles. The summed E-state index contributed by atoms with van der Waals surface area (Å²) in [7, 11) is 0. The van der Waals surface area contributed by atoms with Gasteiger partial charge in [0.2, 0.25) is 0 Å². The van der Waals surface area contributed by atoms with Gasteiger partial charge in [-0.2, -0.15) is 0 Å². The summed E-state index contributed by atoms with van der Waals surface area (Å²) in [5.41, 5.74) is 1.18. The van der Waals surface area contributed by atoms with Crippen LogP contribution in [0.15, 0.2) is 12.2 Å². The van der Waals surface area contributed by atoms with Gasteiger partial charge in [-0.3, -0.25) is 0 Å². The number of hydrogen-bond donors (Lipinski definition) is 1. The van der Waals surface area contributed by atoms with Crippen molar-refractivity contribution in [3.05, 3.63) is 12.2 Å². The van der Waals surface area contributed by atoms with E-state index in [1.54, 1.807) is 0 Å². The molecular formula is C15H29NO. The van der Waals surface area contributed by atoms with Crippen molar-refractivity contribution in [1.82, 2.24) is 5.32 Å². The zero-order valence-corrected chi connectivity index (χ0v) is 11.6. The largest absolute Gasteiger partial charge is 0.374 e. The van der Waals surface area contributed by atoms with Gasteiger partial charge in [-0.25, -0.2) is 0 Å². The second kappa shape index (κ2) is 8.71. The third-order valence-electron chi connectivity index (χ3n) is 3.25. The normalized spacial score (nSPS) is 17.1. The third kappa shape index (κ3) is 8.39. The van der Waals surface area contributed by atoms with E-state index >= 15 is 0 Å². The molecule has 0 amide bonds. The lowest BCUT2D eigenvalue weighted by molar-refractivity contribution is 0.0744. The van der Waals surface area contributed by atoms with Gasteiger partial charge < -0.3 is 10.1 Å². The van der Waals surface area contributed by atoms with Crippen LogP contribution in [0.1, 0.15) is 58.8 Å². The summed E-state index contributed by atoms with van der Waals surface area (Å²) in [6.45, 7) is 10.1. The molecular weight excluding hydrogens is 210 g/mol. The van der Waals surface area contributed by atoms with E-state index in [0.29, 0.717) is 12.7 Å². The van der Waals surface area contributed by atoms with E-state index in [2.05, 4.69) is 25.7 Å². The summed E-state index contributed by atoms with van der Waals surface area (Å²) in [5, 5.41) is 3.46. The molecule has 2 nitrogen and oxygen atoms in total. The van der Waals surface area contributed by atoms with Crippen molar-refractivity contribution < 1.29 is 4.74 Å². The molecule has 0 aliphatic heterocycles. The highest BCUT2D eigenvalue weighted by Crippen LogP contribution is 2.18. The fourth-order valence-corrected chi connectivity index (χ4v) is 1.83. The molecule has 0 saturated heterocycles. The minimum absolute atomic E-state index is 0.379. The number of rotatable bonds is 11. The van der Waals surface area contributed by atoms with Crippen LogP contribution in [0.25, 0.3) is 0 Å². The molecule has 0 aromatic rings. The Hall–Kier alpha value is -0.340. The van der Waals surface area contributed by atoms with Gasteiger partial charge in [0.05, 0.1) is 12.7 Å². The molecule has 0 radical (unpaired) electrons. The molecule has 1 unspecified atom stereocenters. The van der Waals surface area contributed by atoms with Gasteiger partial charge >= 0.3 is 0 Å². The lowest BCUT2D eigenvalue weighted by Crippen LogP contribution is -2.22. The van der Waals surface area contributed by atoms with E-state index in [1.807, 2.05) is 0 Å². The highest BCUT2D eigenvalue weighted by molar-refractivity contribution is 4.99. The molecule has 1 N–H and O–H groups in total. The summed E-state index contributed by atoms with van der Waals surface area (Å²) in [4.78, 5) is 0. The fraction of sp³-hybridized carbons (Fsp3) is 0.867. The van der Waals surface area contributed by atoms with Crippen LogP contribution in [0.3, 0.4) is 0 Å². The number of ether oxygens (including phenoxy) is 1. The van der Waals surface area contributed by atoms with Crippen LogP contribution >= 0.6 is 0 Å². The maximum Gasteiger partial charge on any atom is 0.0690 e. The van der Waals surface area contributed by atoms with Gasteiger partial charge in [0.15, 0.2) is 0 Å². The van der Waals surface area contributed by atoms with Gasteiger partial charge in [0, 0.05) is 12.6 Å². The molecule has 0 aromatic heterocycles. The number of unbranched alkanes of at least 4 members (excludes halogenated alkanes) is 3. The minimum atomic E-state index is 0.379. The van der Waals surface area contributed by atoms with Gasteiger partial charge in [-0.15, -0.1) is 0 Å². The highest BCUT2D eigenvalue weighted by atomic mass is 16.5. The summed E-state index contributed by atoms with van der Waals surface area (Å²) < 4.78 is 5.80. The van der Waals surface area contributed by atoms with Crippen LogP contribution in [-0.4, -0.2) is 25.3 Å². The summed E-state index contributed by atoms with van der Waals surface area (Å²) >= 11 is 0. The van der Waals surface area contributed by atoms with Crippen LogP contribution in [-0.2, 0) is 4.74 Å². The van der Waals surface area contributed by atoms with Crippen molar-refractivity contribution in [2.45, 2.75) is 70.9 Å². The van der Waals surface area contributed by atoms with Crippen LogP contribution in [0.5, 0.6) is 0 Å². The van der Waals surface area contributed by atoms with Gasteiger partial charge in [-0.1, -0.05) is 39.2 Å². The zero-order chi connectivity index (χ0) is 12.5. The smallest absolute Gasteiger partial charge is 0.0690 e. The molecule has 1 atom stereocenters. The zero-order valence-electron chi connectivity index (χ0n) is 11.6. The molecule has 17 heavy (non-hydrogen) atoms. The van der Waals surface area contributed by atoms with Crippen molar-refractivity contribution in [2.24, 2.45) is 0 Å². The summed E-state index contributed by atoms with van der Waals surface area (Å²) in [6, 6.07) is 0.762. The quantitative estimate of drug-likeness (QED) is 0.439. The average Bonchev–Trinajstić information content (AvgIpc) is 3.13. The maximum absolute atomic E-state index is 5.80. The molecule has 1 rings (SSSR count). The van der Waals surface area contributed by atoms with Crippen LogP contribution in [0.4, 0.5) is 0 Å². The third-order valence-corrected chi connectivity index (χ3v) is 3.25. The van der Waals surface area contributed by atoms with Gasteiger partial charge in [0.1, 0.15) is 0 Å². The first-order valence-electron chi connectivity index (χ1n) is 7.24. The monoisotopic (exact) mass is 239 g/mol. The van der Waals surface area contributed by atoms with E-state index in [0.717, 1.165) is 12.6 Å². The molecule has 0 bridgehead atoms. The van der Waals surface area contributed by atoms with Crippen molar-refractivity contribution in [2.75, 3.05) is 13.2 Å². The predicted octanol–water partition coefficient (Wildman–Crippen LogP) is 3.67. The predicted molar refractivity (Wildman–Crippen MR) is 74.3 cm³/mol. The average molecular weight is 239 g/mol. The Morgan fingerprint density at radius 2 is 2.12 bits per heavy atom. The van der Waals surface area contributed by atoms with Crippen LogP contribution < -0.4 is 5.32 Å². The summed E-state index contributed by atoms with van der Waals surface area (Å²) in [6.07, 6.45) is 9.53. The molecule has 1 fully saturated rings. The molecule has 2 heteroatoms. The fourth-order valence-electron chi connectivity index (χ4n) is 1.83. The van der Waals surface area contributed by atoms with E-state index in [-0.39, 0.29) is 0 Å². The Kier molecular flexibility index (Phi) is 7.54. The second-order valence-corrected chi connectivity index (χ2v) is 5.38. The molecule has 100 valence electrons. The van der Waals surface area contributed by atoms with E-state index in [9.17, 15) is 0 Å². The van der Waals surface area contributed by atoms with Crippen molar-refractivity contribution in [3.63, 3.8) is 0 Å². The van der Waals surface area contributed by atoms with Crippen LogP contribution in [0, 0.1) is 0 Å². The van der Waals surface area contributed by atoms with Gasteiger partial charge in [0.25, 0.3) is 0 Å². The van der Waals surface area contributed by atoms with Crippen LogP contribution in [0.2, 0.25) is 0 Å². The molecule has 1 aliphatic carbocycles. The van der Waals surface area contributed by atoms with E-state index in [4.69, 9.17) is 4.74 Å². The van der Waals surface area contributed by atoms with Crippen molar-refractivity contribution in [3.8, 4) is 0 Å². The van der Waals surface area contributed by atoms with E-state index in [1.165, 1.54) is 50.5 Å².